The molecule has 146 valence electrons. The number of carbonyl (C=O) groups is 1. The van der Waals surface area contributed by atoms with E-state index in [-0.39, 0.29) is 11.9 Å². The lowest BCUT2D eigenvalue weighted by atomic mass is 9.97. The number of hydrogen-bond acceptors (Lipinski definition) is 5. The number of benzene rings is 2. The van der Waals surface area contributed by atoms with E-state index in [9.17, 15) is 13.2 Å². The Morgan fingerprint density at radius 1 is 1.00 bits per heavy atom. The molecule has 2 aromatic rings. The fourth-order valence-electron chi connectivity index (χ4n) is 2.76. The van der Waals surface area contributed by atoms with Crippen LogP contribution in [0.25, 0.3) is 0 Å². The summed E-state index contributed by atoms with van der Waals surface area (Å²) in [6.45, 7) is 2.47. The van der Waals surface area contributed by atoms with Gasteiger partial charge in [-0.2, -0.15) is 0 Å². The third-order valence-electron chi connectivity index (χ3n) is 4.44. The Labute approximate surface area is 161 Å². The van der Waals surface area contributed by atoms with Gasteiger partial charge in [-0.05, 0) is 48.2 Å². The number of esters is 1. The molecule has 0 saturated heterocycles. The van der Waals surface area contributed by atoms with Gasteiger partial charge in [0.25, 0.3) is 0 Å². The second-order valence-electron chi connectivity index (χ2n) is 6.49. The van der Waals surface area contributed by atoms with E-state index < -0.39 is 9.84 Å². The SMILES string of the molecule is CCC(Cc1ccc(OCCc2ccc(S(C)(=O)=O)cc2)cc1)C(=O)OC. The van der Waals surface area contributed by atoms with Gasteiger partial charge < -0.3 is 9.47 Å². The van der Waals surface area contributed by atoms with Gasteiger partial charge in [0.15, 0.2) is 9.84 Å². The van der Waals surface area contributed by atoms with Crippen molar-refractivity contribution >= 4 is 15.8 Å². The highest BCUT2D eigenvalue weighted by Crippen LogP contribution is 2.18. The maximum atomic E-state index is 11.7. The summed E-state index contributed by atoms with van der Waals surface area (Å²) in [4.78, 5) is 12.0. The van der Waals surface area contributed by atoms with E-state index in [0.29, 0.717) is 24.3 Å². The molecule has 27 heavy (non-hydrogen) atoms. The summed E-state index contributed by atoms with van der Waals surface area (Å²) >= 11 is 0. The fourth-order valence-corrected chi connectivity index (χ4v) is 3.39. The van der Waals surface area contributed by atoms with Crippen LogP contribution < -0.4 is 4.74 Å². The predicted octanol–water partition coefficient (Wildman–Crippen LogP) is 3.45. The topological polar surface area (TPSA) is 69.7 Å². The summed E-state index contributed by atoms with van der Waals surface area (Å²) in [6.07, 6.45) is 3.27. The van der Waals surface area contributed by atoms with E-state index in [1.54, 1.807) is 24.3 Å². The lowest BCUT2D eigenvalue weighted by Gasteiger charge is -2.13. The summed E-state index contributed by atoms with van der Waals surface area (Å²) in [6, 6.07) is 14.6. The van der Waals surface area contributed by atoms with Crippen molar-refractivity contribution in [3.05, 3.63) is 59.7 Å². The third-order valence-corrected chi connectivity index (χ3v) is 5.57. The van der Waals surface area contributed by atoms with Crippen LogP contribution in [0.3, 0.4) is 0 Å². The van der Waals surface area contributed by atoms with Gasteiger partial charge in [0.05, 0.1) is 24.5 Å². The lowest BCUT2D eigenvalue weighted by Crippen LogP contribution is -2.17. The van der Waals surface area contributed by atoms with Crippen molar-refractivity contribution in [2.45, 2.75) is 31.1 Å². The van der Waals surface area contributed by atoms with E-state index in [2.05, 4.69) is 0 Å². The molecule has 2 rings (SSSR count). The van der Waals surface area contributed by atoms with Gasteiger partial charge in [-0.3, -0.25) is 4.79 Å². The van der Waals surface area contributed by atoms with Crippen LogP contribution in [-0.4, -0.2) is 34.4 Å². The molecule has 0 saturated carbocycles. The summed E-state index contributed by atoms with van der Waals surface area (Å²) in [5, 5.41) is 0. The summed E-state index contributed by atoms with van der Waals surface area (Å²) in [7, 11) is -1.75. The minimum Gasteiger partial charge on any atom is -0.493 e. The second-order valence-corrected chi connectivity index (χ2v) is 8.51. The van der Waals surface area contributed by atoms with Crippen LogP contribution in [-0.2, 0) is 32.2 Å². The van der Waals surface area contributed by atoms with Crippen LogP contribution in [0, 0.1) is 5.92 Å². The van der Waals surface area contributed by atoms with Crippen molar-refractivity contribution in [2.75, 3.05) is 20.0 Å². The van der Waals surface area contributed by atoms with E-state index in [0.717, 1.165) is 23.3 Å². The van der Waals surface area contributed by atoms with Gasteiger partial charge in [0.1, 0.15) is 5.75 Å². The third kappa shape index (κ3) is 6.40. The Morgan fingerprint density at radius 2 is 1.59 bits per heavy atom. The van der Waals surface area contributed by atoms with E-state index in [1.807, 2.05) is 31.2 Å². The van der Waals surface area contributed by atoms with Crippen LogP contribution in [0.15, 0.2) is 53.4 Å². The van der Waals surface area contributed by atoms with Gasteiger partial charge in [-0.1, -0.05) is 31.2 Å². The Hall–Kier alpha value is -2.34. The molecule has 0 aliphatic carbocycles. The molecular weight excluding hydrogens is 364 g/mol. The zero-order chi connectivity index (χ0) is 19.9. The number of rotatable bonds is 9. The quantitative estimate of drug-likeness (QED) is 0.614. The van der Waals surface area contributed by atoms with E-state index >= 15 is 0 Å². The van der Waals surface area contributed by atoms with Gasteiger partial charge in [0, 0.05) is 12.7 Å². The van der Waals surface area contributed by atoms with Crippen LogP contribution in [0.5, 0.6) is 5.75 Å². The van der Waals surface area contributed by atoms with Gasteiger partial charge >= 0.3 is 5.97 Å². The number of methoxy groups -OCH3 is 1. The number of carbonyl (C=O) groups excluding carboxylic acids is 1. The summed E-state index contributed by atoms with van der Waals surface area (Å²) < 4.78 is 33.5. The Morgan fingerprint density at radius 3 is 2.11 bits per heavy atom. The average molecular weight is 391 g/mol. The Bertz CT molecular complexity index is 839. The maximum Gasteiger partial charge on any atom is 0.308 e. The molecule has 0 aromatic heterocycles. The Balaban J connectivity index is 1.85. The smallest absolute Gasteiger partial charge is 0.308 e. The first-order valence-electron chi connectivity index (χ1n) is 8.92. The van der Waals surface area contributed by atoms with Gasteiger partial charge in [-0.25, -0.2) is 8.42 Å². The predicted molar refractivity (Wildman–Crippen MR) is 105 cm³/mol. The zero-order valence-electron chi connectivity index (χ0n) is 16.0. The number of hydrogen-bond donors (Lipinski definition) is 0. The molecule has 0 radical (unpaired) electrons. The molecule has 0 aliphatic rings. The summed E-state index contributed by atoms with van der Waals surface area (Å²) in [5.74, 6) is 0.453. The first kappa shape index (κ1) is 21.0. The normalized spacial score (nSPS) is 12.4. The van der Waals surface area contributed by atoms with Crippen molar-refractivity contribution in [1.29, 1.82) is 0 Å². The molecule has 0 aliphatic heterocycles. The molecule has 0 amide bonds. The first-order valence-corrected chi connectivity index (χ1v) is 10.8. The molecule has 0 bridgehead atoms. The van der Waals surface area contributed by atoms with Crippen molar-refractivity contribution in [2.24, 2.45) is 5.92 Å². The van der Waals surface area contributed by atoms with E-state index in [1.165, 1.54) is 13.4 Å². The largest absolute Gasteiger partial charge is 0.493 e. The molecule has 6 heteroatoms. The van der Waals surface area contributed by atoms with Crippen molar-refractivity contribution in [3.8, 4) is 5.75 Å². The van der Waals surface area contributed by atoms with Crippen LogP contribution in [0.1, 0.15) is 24.5 Å². The van der Waals surface area contributed by atoms with Crippen LogP contribution >= 0.6 is 0 Å². The standard InChI is InChI=1S/C21H26O5S/c1-4-18(21(22)25-2)15-17-5-9-19(10-6-17)26-14-13-16-7-11-20(12-8-16)27(3,23)24/h5-12,18H,4,13-15H2,1-3H3. The lowest BCUT2D eigenvalue weighted by molar-refractivity contribution is -0.145. The molecule has 2 aromatic carbocycles. The number of ether oxygens (including phenoxy) is 2. The summed E-state index contributed by atoms with van der Waals surface area (Å²) in [5.41, 5.74) is 2.08. The van der Waals surface area contributed by atoms with Crippen molar-refractivity contribution in [3.63, 3.8) is 0 Å². The highest BCUT2D eigenvalue weighted by Gasteiger charge is 2.17. The highest BCUT2D eigenvalue weighted by molar-refractivity contribution is 7.90. The molecule has 0 N–H and O–H groups in total. The van der Waals surface area contributed by atoms with Crippen molar-refractivity contribution in [1.82, 2.24) is 0 Å². The minimum absolute atomic E-state index is 0.128. The fraction of sp³-hybridized carbons (Fsp3) is 0.381. The molecule has 1 atom stereocenters. The van der Waals surface area contributed by atoms with Gasteiger partial charge in [0.2, 0.25) is 0 Å². The highest BCUT2D eigenvalue weighted by atomic mass is 32.2. The monoisotopic (exact) mass is 390 g/mol. The molecular formula is C21H26O5S. The molecule has 0 heterocycles. The van der Waals surface area contributed by atoms with Crippen LogP contribution in [0.4, 0.5) is 0 Å². The molecule has 5 nitrogen and oxygen atoms in total. The molecule has 0 fully saturated rings. The first-order chi connectivity index (χ1) is 12.8. The average Bonchev–Trinajstić information content (AvgIpc) is 2.66. The minimum atomic E-state index is -3.17. The zero-order valence-corrected chi connectivity index (χ0v) is 16.8. The van der Waals surface area contributed by atoms with Crippen molar-refractivity contribution < 1.29 is 22.7 Å². The Kier molecular flexibility index (Phi) is 7.42. The molecule has 1 unspecified atom stereocenters. The van der Waals surface area contributed by atoms with E-state index in [4.69, 9.17) is 9.47 Å². The second kappa shape index (κ2) is 9.55. The molecule has 0 spiro atoms. The van der Waals surface area contributed by atoms with Crippen LogP contribution in [0.2, 0.25) is 0 Å². The number of sulfone groups is 1. The maximum absolute atomic E-state index is 11.7. The van der Waals surface area contributed by atoms with Gasteiger partial charge in [-0.15, -0.1) is 0 Å².